The van der Waals surface area contributed by atoms with Crippen LogP contribution in [0.2, 0.25) is 0 Å². The van der Waals surface area contributed by atoms with Gasteiger partial charge in [-0.15, -0.1) is 12.4 Å². The fourth-order valence-electron chi connectivity index (χ4n) is 7.98. The monoisotopic (exact) mass is 934 g/mol. The minimum atomic E-state index is 0. The van der Waals surface area contributed by atoms with E-state index in [-0.39, 0.29) is 23.9 Å². The smallest absolute Gasteiger partial charge is 0.184 e. The largest absolute Gasteiger partial charge is 0.508 e. The first kappa shape index (κ1) is 53.6. The second-order valence-electron chi connectivity index (χ2n) is 17.2. The van der Waals surface area contributed by atoms with Crippen LogP contribution < -0.4 is 31.1 Å². The van der Waals surface area contributed by atoms with E-state index in [2.05, 4.69) is 136 Å². The first-order valence-corrected chi connectivity index (χ1v) is 23.6. The van der Waals surface area contributed by atoms with Crippen molar-refractivity contribution in [3.05, 3.63) is 187 Å². The highest BCUT2D eigenvalue weighted by atomic mass is 35.5. The van der Waals surface area contributed by atoms with Crippen molar-refractivity contribution in [1.82, 2.24) is 0 Å². The summed E-state index contributed by atoms with van der Waals surface area (Å²) in [4.78, 5) is 25.3. The number of nitrogen functional groups attached to an aromatic ring is 1. The number of nitrogens with one attached hydrogen (secondary N) is 2. The number of nitrogens with zero attached hydrogens (tertiary/aromatic N) is 4. The normalized spacial score (nSPS) is 12.5. The minimum Gasteiger partial charge on any atom is -0.508 e. The molecule has 10 heteroatoms. The van der Waals surface area contributed by atoms with Gasteiger partial charge < -0.3 is 36.2 Å². The number of ketones is 1. The molecule has 0 unspecified atom stereocenters. The van der Waals surface area contributed by atoms with Crippen molar-refractivity contribution in [2.24, 2.45) is 4.99 Å². The summed E-state index contributed by atoms with van der Waals surface area (Å²) in [5.41, 5.74) is 17.0. The average Bonchev–Trinajstić information content (AvgIpc) is 3.31. The molecule has 68 heavy (non-hydrogen) atoms. The van der Waals surface area contributed by atoms with Gasteiger partial charge in [-0.05, 0) is 171 Å². The molecule has 0 atom stereocenters. The number of phenolic OH excluding ortho intramolecular Hbond substituents is 1. The number of carbonyl (C=O) groups is 1. The Morgan fingerprint density at radius 3 is 1.44 bits per heavy atom. The first-order chi connectivity index (χ1) is 32.3. The number of aromatic hydroxyl groups is 1. The Bertz CT molecular complexity index is 2520. The molecule has 1 aliphatic carbocycles. The molecule has 6 aromatic rings. The molecule has 7 rings (SSSR count). The maximum Gasteiger partial charge on any atom is 0.184 e. The summed E-state index contributed by atoms with van der Waals surface area (Å²) in [5, 5.41) is 15.8. The molecular weight excluding hydrogens is 862 g/mol. The number of para-hydroxylation sites is 2. The lowest BCUT2D eigenvalue weighted by molar-refractivity contribution is -0.111. The molecular formula is C58H72ClN7O2. The number of aliphatic imine (C=N–C) groups is 1. The predicted molar refractivity (Wildman–Crippen MR) is 295 cm³/mol. The maximum atomic E-state index is 13.3. The predicted octanol–water partition coefficient (Wildman–Crippen LogP) is 14.0. The Morgan fingerprint density at radius 2 is 0.985 bits per heavy atom. The summed E-state index contributed by atoms with van der Waals surface area (Å²) in [5.74, 6) is 0.274. The van der Waals surface area contributed by atoms with Crippen LogP contribution in [-0.4, -0.2) is 54.4 Å². The van der Waals surface area contributed by atoms with Crippen LogP contribution in [0, 0.1) is 0 Å². The van der Waals surface area contributed by atoms with E-state index in [4.69, 9.17) is 10.7 Å². The summed E-state index contributed by atoms with van der Waals surface area (Å²) >= 11 is 0. The fraction of sp³-hybridized carbons (Fsp3) is 0.276. The third kappa shape index (κ3) is 16.1. The topological polar surface area (TPSA) is 109 Å². The molecule has 0 saturated heterocycles. The van der Waals surface area contributed by atoms with Crippen molar-refractivity contribution >= 4 is 69.4 Å². The van der Waals surface area contributed by atoms with Gasteiger partial charge in [0.1, 0.15) is 5.75 Å². The molecule has 0 heterocycles. The van der Waals surface area contributed by atoms with Crippen LogP contribution in [0.4, 0.5) is 45.5 Å². The van der Waals surface area contributed by atoms with E-state index in [9.17, 15) is 9.90 Å². The summed E-state index contributed by atoms with van der Waals surface area (Å²) in [6.07, 6.45) is 4.17. The average molecular weight is 935 g/mol. The van der Waals surface area contributed by atoms with Gasteiger partial charge in [0, 0.05) is 102 Å². The molecule has 0 saturated carbocycles. The van der Waals surface area contributed by atoms with Crippen LogP contribution in [0.1, 0.15) is 67.9 Å². The minimum absolute atomic E-state index is 0. The van der Waals surface area contributed by atoms with E-state index >= 15 is 0 Å². The van der Waals surface area contributed by atoms with E-state index in [1.807, 2.05) is 97.1 Å². The molecule has 1 aliphatic rings. The van der Waals surface area contributed by atoms with Crippen LogP contribution in [0.5, 0.6) is 5.75 Å². The van der Waals surface area contributed by atoms with Gasteiger partial charge in [0.25, 0.3) is 0 Å². The van der Waals surface area contributed by atoms with Gasteiger partial charge in [-0.25, -0.2) is 4.99 Å². The Morgan fingerprint density at radius 1 is 0.544 bits per heavy atom. The molecule has 0 fully saturated rings. The van der Waals surface area contributed by atoms with Crippen molar-refractivity contribution in [2.75, 3.05) is 50.7 Å². The number of allylic oxidation sites excluding steroid dienone is 3. The zero-order valence-corrected chi connectivity index (χ0v) is 42.2. The molecule has 0 spiro atoms. The first-order valence-electron chi connectivity index (χ1n) is 23.6. The number of rotatable bonds is 16. The van der Waals surface area contributed by atoms with Gasteiger partial charge in [-0.1, -0.05) is 54.6 Å². The molecule has 0 radical (unpaired) electrons. The number of carbonyl (C=O) groups excluding carboxylic acids is 1. The van der Waals surface area contributed by atoms with E-state index in [0.717, 1.165) is 64.9 Å². The second-order valence-corrected chi connectivity index (χ2v) is 17.2. The van der Waals surface area contributed by atoms with Gasteiger partial charge >= 0.3 is 0 Å². The van der Waals surface area contributed by atoms with Gasteiger partial charge in [-0.3, -0.25) is 4.79 Å². The highest BCUT2D eigenvalue weighted by Gasteiger charge is 2.20. The third-order valence-corrected chi connectivity index (χ3v) is 11.4. The standard InChI is InChI=1S/C35H42N4O.C12H11NO.C11H18N2.ClH/c1-7-38(25(3)4)31-18-14-27(15-19-31)22-28-23-33(34(24-35(28)40)36-29-12-10-9-11-13-29)37-30-16-20-32(21-17-30)39(8-2)26(5)6;14-12-8-4-7-11(9-12)13-10-5-2-1-3-6-10;1-4-13(9(2)3)11-7-5-10(12)6-8-11;/h9-21,23-26,36H,7-8,22H2,1-6H3;1-9,13-14H;5-9H,4,12H2,1-3H3;1H. The van der Waals surface area contributed by atoms with E-state index in [1.54, 1.807) is 24.3 Å². The lowest BCUT2D eigenvalue weighted by Gasteiger charge is -2.27. The van der Waals surface area contributed by atoms with E-state index in [1.165, 1.54) is 17.1 Å². The summed E-state index contributed by atoms with van der Waals surface area (Å²) in [6.45, 7) is 22.6. The van der Waals surface area contributed by atoms with Crippen molar-refractivity contribution < 1.29 is 9.90 Å². The summed E-state index contributed by atoms with van der Waals surface area (Å²) < 4.78 is 0. The van der Waals surface area contributed by atoms with Crippen molar-refractivity contribution in [1.29, 1.82) is 0 Å². The number of anilines is 7. The van der Waals surface area contributed by atoms with Crippen molar-refractivity contribution in [3.63, 3.8) is 0 Å². The zero-order chi connectivity index (χ0) is 48.3. The highest BCUT2D eigenvalue weighted by Crippen LogP contribution is 2.27. The van der Waals surface area contributed by atoms with Crippen LogP contribution in [0.25, 0.3) is 0 Å². The molecule has 0 aromatic heterocycles. The summed E-state index contributed by atoms with van der Waals surface area (Å²) in [6, 6.07) is 53.1. The molecule has 0 aliphatic heterocycles. The number of halogens is 1. The number of benzene rings is 6. The molecule has 358 valence electrons. The van der Waals surface area contributed by atoms with E-state index in [0.29, 0.717) is 30.2 Å². The molecule has 0 amide bonds. The van der Waals surface area contributed by atoms with Crippen molar-refractivity contribution in [2.45, 2.75) is 86.9 Å². The molecule has 9 nitrogen and oxygen atoms in total. The van der Waals surface area contributed by atoms with Gasteiger partial charge in [0.15, 0.2) is 5.78 Å². The van der Waals surface area contributed by atoms with E-state index < -0.39 is 0 Å². The Kier molecular flexibility index (Phi) is 21.3. The van der Waals surface area contributed by atoms with Crippen LogP contribution in [0.3, 0.4) is 0 Å². The third-order valence-electron chi connectivity index (χ3n) is 11.4. The zero-order valence-electron chi connectivity index (χ0n) is 41.4. The molecule has 5 N–H and O–H groups in total. The van der Waals surface area contributed by atoms with Gasteiger partial charge in [0.2, 0.25) is 0 Å². The molecule has 0 bridgehead atoms. The maximum absolute atomic E-state index is 13.3. The van der Waals surface area contributed by atoms with Crippen LogP contribution in [0.15, 0.2) is 186 Å². The van der Waals surface area contributed by atoms with Crippen molar-refractivity contribution in [3.8, 4) is 5.75 Å². The number of phenols is 1. The Balaban J connectivity index is 0.000000291. The van der Waals surface area contributed by atoms with Gasteiger partial charge in [-0.2, -0.15) is 0 Å². The summed E-state index contributed by atoms with van der Waals surface area (Å²) in [7, 11) is 0. The molecule has 6 aromatic carbocycles. The Labute approximate surface area is 412 Å². The highest BCUT2D eigenvalue weighted by molar-refractivity contribution is 6.23. The number of hydrogen-bond acceptors (Lipinski definition) is 9. The number of nitrogens with two attached hydrogens (primary N) is 1. The lowest BCUT2D eigenvalue weighted by Crippen LogP contribution is -2.30. The fourth-order valence-corrected chi connectivity index (χ4v) is 7.98. The quantitative estimate of drug-likeness (QED) is 0.0561. The lowest BCUT2D eigenvalue weighted by atomic mass is 9.94. The van der Waals surface area contributed by atoms with Crippen LogP contribution in [-0.2, 0) is 11.2 Å². The Hall–Kier alpha value is -6.97. The van der Waals surface area contributed by atoms with Crippen LogP contribution >= 0.6 is 12.4 Å². The number of hydrogen-bond donors (Lipinski definition) is 4. The van der Waals surface area contributed by atoms with Gasteiger partial charge in [0.05, 0.1) is 17.1 Å². The SMILES string of the molecule is CCN(c1ccc(CC2=CC(=Nc3ccc(N(CC)C(C)C)cc3)C(Nc3ccccc3)=CC2=O)cc1)C(C)C.CCN(c1ccc(N)cc1)C(C)C.Cl.Oc1cccc(Nc2ccccc2)c1. The second kappa shape index (κ2) is 27.0.